The van der Waals surface area contributed by atoms with Crippen molar-refractivity contribution in [2.75, 3.05) is 5.75 Å². The largest absolute Gasteiger partial charge is 0.387 e. The highest BCUT2D eigenvalue weighted by Crippen LogP contribution is 2.15. The van der Waals surface area contributed by atoms with Crippen LogP contribution >= 0.6 is 0 Å². The zero-order chi connectivity index (χ0) is 38.9. The summed E-state index contributed by atoms with van der Waals surface area (Å²) in [5, 5.41) is 13.3. The Kier molecular flexibility index (Phi) is 39.1. The third-order valence-corrected chi connectivity index (χ3v) is 11.1. The summed E-state index contributed by atoms with van der Waals surface area (Å²) in [5.41, 5.74) is 0. The van der Waals surface area contributed by atoms with Crippen molar-refractivity contribution < 1.29 is 22.9 Å². The van der Waals surface area contributed by atoms with Crippen LogP contribution in [0.4, 0.5) is 0 Å². The topological polar surface area (TPSA) is 104 Å². The van der Waals surface area contributed by atoms with E-state index in [-0.39, 0.29) is 5.91 Å². The molecule has 0 radical (unpaired) electrons. The van der Waals surface area contributed by atoms with Crippen LogP contribution in [-0.4, -0.2) is 41.9 Å². The normalized spacial score (nSPS) is 13.5. The highest BCUT2D eigenvalue weighted by molar-refractivity contribution is 7.85. The van der Waals surface area contributed by atoms with Gasteiger partial charge in [0.05, 0.1) is 17.9 Å². The van der Waals surface area contributed by atoms with Crippen LogP contribution in [0.1, 0.15) is 232 Å². The molecule has 0 aromatic rings. The van der Waals surface area contributed by atoms with E-state index >= 15 is 0 Å². The maximum atomic E-state index is 12.5. The smallest absolute Gasteiger partial charge is 0.267 e. The molecule has 0 spiro atoms. The van der Waals surface area contributed by atoms with Crippen LogP contribution in [0.2, 0.25) is 0 Å². The third-order valence-electron chi connectivity index (χ3n) is 10.3. The summed E-state index contributed by atoms with van der Waals surface area (Å²) >= 11 is 0. The van der Waals surface area contributed by atoms with E-state index in [2.05, 4.69) is 43.5 Å². The van der Waals surface area contributed by atoms with Crippen molar-refractivity contribution in [3.8, 4) is 0 Å². The highest BCUT2D eigenvalue weighted by atomic mass is 32.2. The minimum absolute atomic E-state index is 0.281. The van der Waals surface area contributed by atoms with Gasteiger partial charge in [-0.2, -0.15) is 8.42 Å². The van der Waals surface area contributed by atoms with Gasteiger partial charge in [-0.1, -0.05) is 211 Å². The zero-order valence-electron chi connectivity index (χ0n) is 34.9. The second-order valence-electron chi connectivity index (χ2n) is 15.7. The molecule has 0 fully saturated rings. The van der Waals surface area contributed by atoms with Crippen LogP contribution in [0, 0.1) is 0 Å². The predicted octanol–water partition coefficient (Wildman–Crippen LogP) is 13.7. The highest BCUT2D eigenvalue weighted by Gasteiger charge is 2.24. The number of aliphatic hydroxyl groups excluding tert-OH is 1. The molecule has 0 aliphatic carbocycles. The average molecular weight is 766 g/mol. The first-order valence-electron chi connectivity index (χ1n) is 22.7. The number of nitrogens with one attached hydrogen (secondary N) is 1. The molecule has 7 heteroatoms. The summed E-state index contributed by atoms with van der Waals surface area (Å²) in [6, 6.07) is -1.06. The van der Waals surface area contributed by atoms with E-state index in [4.69, 9.17) is 0 Å². The van der Waals surface area contributed by atoms with E-state index in [9.17, 15) is 22.9 Å². The van der Waals surface area contributed by atoms with E-state index in [1.54, 1.807) is 6.08 Å². The van der Waals surface area contributed by atoms with Gasteiger partial charge in [0.1, 0.15) is 0 Å². The second-order valence-corrected chi connectivity index (χ2v) is 17.2. The van der Waals surface area contributed by atoms with Crippen LogP contribution in [0.25, 0.3) is 0 Å². The van der Waals surface area contributed by atoms with Crippen LogP contribution in [0.3, 0.4) is 0 Å². The number of aliphatic hydroxyl groups is 1. The van der Waals surface area contributed by atoms with E-state index < -0.39 is 28.0 Å². The van der Waals surface area contributed by atoms with Crippen molar-refractivity contribution in [3.63, 3.8) is 0 Å². The summed E-state index contributed by atoms with van der Waals surface area (Å²) in [5.74, 6) is -0.979. The fourth-order valence-electron chi connectivity index (χ4n) is 6.89. The van der Waals surface area contributed by atoms with Crippen LogP contribution in [-0.2, 0) is 14.9 Å². The Bertz CT molecular complexity index is 976. The first-order chi connectivity index (χ1) is 25.8. The fraction of sp³-hybridized carbons (Fsp3) is 0.848. The Balaban J connectivity index is 3.87. The number of unbranched alkanes of at least 4 members (excludes halogenated alkanes) is 29. The molecule has 0 aromatic carbocycles. The maximum Gasteiger partial charge on any atom is 0.267 e. The van der Waals surface area contributed by atoms with Gasteiger partial charge in [-0.15, -0.1) is 0 Å². The number of carbonyl (C=O) groups is 1. The fourth-order valence-corrected chi connectivity index (χ4v) is 7.63. The Morgan fingerprint density at radius 2 is 0.849 bits per heavy atom. The number of carbonyl (C=O) groups excluding carboxylic acids is 1. The lowest BCUT2D eigenvalue weighted by atomic mass is 10.0. The van der Waals surface area contributed by atoms with E-state index in [0.29, 0.717) is 6.42 Å². The second kappa shape index (κ2) is 40.2. The first-order valence-corrected chi connectivity index (χ1v) is 24.3. The van der Waals surface area contributed by atoms with Gasteiger partial charge >= 0.3 is 0 Å². The minimum Gasteiger partial charge on any atom is -0.387 e. The molecule has 0 rings (SSSR count). The quantitative estimate of drug-likeness (QED) is 0.0327. The maximum absolute atomic E-state index is 12.5. The number of allylic oxidation sites excluding steroid dienone is 5. The Morgan fingerprint density at radius 1 is 0.509 bits per heavy atom. The SMILES string of the molecule is CCCCC/C=C\C/C=C\CCCCCCCCCCCC(=O)NC(CS(=O)(=O)O)C(O)/C=C/CCCCCCCCCCCCCCCCCCC. The third kappa shape index (κ3) is 41.6. The molecule has 53 heavy (non-hydrogen) atoms. The Morgan fingerprint density at radius 3 is 1.26 bits per heavy atom. The van der Waals surface area contributed by atoms with E-state index in [1.165, 1.54) is 167 Å². The molecule has 0 aliphatic rings. The Hall–Kier alpha value is -1.44. The lowest BCUT2D eigenvalue weighted by molar-refractivity contribution is -0.122. The molecule has 0 saturated carbocycles. The number of hydrogen-bond donors (Lipinski definition) is 3. The summed E-state index contributed by atoms with van der Waals surface area (Å²) < 4.78 is 32.6. The molecule has 0 saturated heterocycles. The van der Waals surface area contributed by atoms with Crippen molar-refractivity contribution in [1.82, 2.24) is 5.32 Å². The van der Waals surface area contributed by atoms with E-state index in [0.717, 1.165) is 44.9 Å². The number of amides is 1. The van der Waals surface area contributed by atoms with Crippen LogP contribution < -0.4 is 5.32 Å². The van der Waals surface area contributed by atoms with Crippen molar-refractivity contribution in [1.29, 1.82) is 0 Å². The van der Waals surface area contributed by atoms with Gasteiger partial charge in [0, 0.05) is 6.42 Å². The summed E-state index contributed by atoms with van der Waals surface area (Å²) in [6.07, 6.45) is 52.7. The van der Waals surface area contributed by atoms with Gasteiger partial charge in [-0.3, -0.25) is 9.35 Å². The molecule has 312 valence electrons. The van der Waals surface area contributed by atoms with Gasteiger partial charge in [-0.25, -0.2) is 0 Å². The van der Waals surface area contributed by atoms with E-state index in [1.807, 2.05) is 6.08 Å². The van der Waals surface area contributed by atoms with Gasteiger partial charge in [0.2, 0.25) is 5.91 Å². The summed E-state index contributed by atoms with van der Waals surface area (Å²) in [6.45, 7) is 4.51. The van der Waals surface area contributed by atoms with Gasteiger partial charge in [-0.05, 0) is 51.4 Å². The van der Waals surface area contributed by atoms with Crippen molar-refractivity contribution in [2.24, 2.45) is 0 Å². The molecule has 2 atom stereocenters. The molecule has 2 unspecified atom stereocenters. The molecule has 1 amide bonds. The van der Waals surface area contributed by atoms with Gasteiger partial charge in [0.15, 0.2) is 0 Å². The van der Waals surface area contributed by atoms with Crippen LogP contribution in [0.5, 0.6) is 0 Å². The number of hydrogen-bond acceptors (Lipinski definition) is 4. The predicted molar refractivity (Wildman–Crippen MR) is 230 cm³/mol. The van der Waals surface area contributed by atoms with Crippen molar-refractivity contribution >= 4 is 16.0 Å². The molecule has 3 N–H and O–H groups in total. The molecule has 0 aromatic heterocycles. The minimum atomic E-state index is -4.35. The zero-order valence-corrected chi connectivity index (χ0v) is 35.7. The molecule has 0 aliphatic heterocycles. The molecule has 6 nitrogen and oxygen atoms in total. The monoisotopic (exact) mass is 766 g/mol. The average Bonchev–Trinajstić information content (AvgIpc) is 3.12. The molecular formula is C46H87NO5S. The molecule has 0 bridgehead atoms. The molecular weight excluding hydrogens is 679 g/mol. The lowest BCUT2D eigenvalue weighted by Crippen LogP contribution is -2.46. The Labute approximate surface area is 329 Å². The number of rotatable bonds is 41. The summed E-state index contributed by atoms with van der Waals surface area (Å²) in [4.78, 5) is 12.5. The standard InChI is InChI=1S/C46H87NO5S/c1-3-5-7-9-11-13-15-17-19-21-23-25-27-29-31-33-35-37-39-41-45(48)44(43-53(50,51)52)47-46(49)42-40-38-36-34-32-30-28-26-24-22-20-18-16-14-12-10-8-6-4-2/h12,14,18,20,39,41,44-45,48H,3-11,13,15-17,19,21-38,40,42-43H2,1-2H3,(H,47,49)(H,50,51,52)/b14-12-,20-18-,41-39+. The van der Waals surface area contributed by atoms with Crippen molar-refractivity contribution in [3.05, 3.63) is 36.5 Å². The van der Waals surface area contributed by atoms with Gasteiger partial charge < -0.3 is 10.4 Å². The van der Waals surface area contributed by atoms with Crippen LogP contribution in [0.15, 0.2) is 36.5 Å². The van der Waals surface area contributed by atoms with Crippen molar-refractivity contribution in [2.45, 2.75) is 244 Å². The summed E-state index contributed by atoms with van der Waals surface area (Å²) in [7, 11) is -4.35. The van der Waals surface area contributed by atoms with Gasteiger partial charge in [0.25, 0.3) is 10.1 Å². The molecule has 0 heterocycles. The lowest BCUT2D eigenvalue weighted by Gasteiger charge is -2.21. The first kappa shape index (κ1) is 51.6.